The molecule has 2 N–H and O–H groups in total. The molecule has 0 spiro atoms. The molecule has 0 heterocycles. The number of carbonyl (C=O) groups is 1. The molecule has 0 aromatic carbocycles. The first-order chi connectivity index (χ1) is 6.31. The third kappa shape index (κ3) is 4.03. The number of ether oxygens (including phenoxy) is 1. The van der Waals surface area contributed by atoms with Gasteiger partial charge in [-0.25, -0.2) is 13.1 Å². The first-order valence-electron chi connectivity index (χ1n) is 4.05. The molecule has 0 aliphatic rings. The van der Waals surface area contributed by atoms with Gasteiger partial charge < -0.3 is 9.84 Å². The van der Waals surface area contributed by atoms with Crippen LogP contribution in [0.5, 0.6) is 0 Å². The van der Waals surface area contributed by atoms with Gasteiger partial charge in [0.1, 0.15) is 0 Å². The van der Waals surface area contributed by atoms with Crippen molar-refractivity contribution in [3.8, 4) is 0 Å². The molecule has 2 atom stereocenters. The second-order valence-corrected chi connectivity index (χ2v) is 4.99. The van der Waals surface area contributed by atoms with E-state index in [9.17, 15) is 13.2 Å². The van der Waals surface area contributed by atoms with Crippen LogP contribution < -0.4 is 4.72 Å². The summed E-state index contributed by atoms with van der Waals surface area (Å²) in [6.07, 6.45) is -0.797. The zero-order valence-corrected chi connectivity index (χ0v) is 9.17. The van der Waals surface area contributed by atoms with Gasteiger partial charge in [0.25, 0.3) is 0 Å². The van der Waals surface area contributed by atoms with Crippen molar-refractivity contribution >= 4 is 16.0 Å². The number of nitrogens with one attached hydrogen (secondary N) is 1. The van der Waals surface area contributed by atoms with Crippen LogP contribution in [0.3, 0.4) is 0 Å². The number of esters is 1. The summed E-state index contributed by atoms with van der Waals surface area (Å²) < 4.78 is 29.0. The van der Waals surface area contributed by atoms with Gasteiger partial charge in [-0.1, -0.05) is 0 Å². The Hall–Kier alpha value is -0.660. The Labute approximate surface area is 83.3 Å². The lowest BCUT2D eigenvalue weighted by Crippen LogP contribution is -2.40. The average molecular weight is 225 g/mol. The Kier molecular flexibility index (Phi) is 5.03. The lowest BCUT2D eigenvalue weighted by Gasteiger charge is -2.12. The molecular weight excluding hydrogens is 210 g/mol. The minimum Gasteiger partial charge on any atom is -0.468 e. The van der Waals surface area contributed by atoms with Gasteiger partial charge in [-0.2, -0.15) is 0 Å². The molecule has 0 aliphatic heterocycles. The van der Waals surface area contributed by atoms with Gasteiger partial charge in [0.2, 0.25) is 10.0 Å². The van der Waals surface area contributed by atoms with Crippen molar-refractivity contribution in [3.05, 3.63) is 0 Å². The van der Waals surface area contributed by atoms with Crippen molar-refractivity contribution in [1.82, 2.24) is 4.72 Å². The van der Waals surface area contributed by atoms with Gasteiger partial charge in [0.05, 0.1) is 13.2 Å². The maximum Gasteiger partial charge on any atom is 0.325 e. The first kappa shape index (κ1) is 13.3. The highest BCUT2D eigenvalue weighted by Gasteiger charge is 2.28. The molecule has 0 aliphatic carbocycles. The molecule has 6 nitrogen and oxygen atoms in total. The van der Waals surface area contributed by atoms with Crippen LogP contribution >= 0.6 is 0 Å². The number of carbonyl (C=O) groups excluding carboxylic acids is 1. The summed E-state index contributed by atoms with van der Waals surface area (Å²) >= 11 is 0. The summed E-state index contributed by atoms with van der Waals surface area (Å²) in [4.78, 5) is 10.9. The predicted molar refractivity (Wildman–Crippen MR) is 50.1 cm³/mol. The molecule has 7 heteroatoms. The summed E-state index contributed by atoms with van der Waals surface area (Å²) in [6, 6.07) is 0. The predicted octanol–water partition coefficient (Wildman–Crippen LogP) is -1.15. The van der Waals surface area contributed by atoms with Crippen LogP contribution in [0, 0.1) is 0 Å². The lowest BCUT2D eigenvalue weighted by molar-refractivity contribution is -0.139. The Morgan fingerprint density at radius 1 is 1.50 bits per heavy atom. The molecule has 1 unspecified atom stereocenters. The molecule has 0 rings (SSSR count). The van der Waals surface area contributed by atoms with E-state index in [4.69, 9.17) is 5.11 Å². The van der Waals surface area contributed by atoms with Crippen LogP contribution in [0.2, 0.25) is 0 Å². The zero-order chi connectivity index (χ0) is 11.4. The van der Waals surface area contributed by atoms with Crippen LogP contribution in [0.15, 0.2) is 0 Å². The number of methoxy groups -OCH3 is 1. The number of hydrogen-bond donors (Lipinski definition) is 2. The summed E-state index contributed by atoms with van der Waals surface area (Å²) in [7, 11) is -2.64. The minimum absolute atomic E-state index is 0.121. The number of hydrogen-bond acceptors (Lipinski definition) is 5. The molecule has 0 aromatic heterocycles. The summed E-state index contributed by atoms with van der Waals surface area (Å²) in [5, 5.41) is 7.58. The SMILES string of the molecule is COC(=O)C(C)S(=O)(=O)NC[C@H](C)O. The Bertz CT molecular complexity index is 284. The van der Waals surface area contributed by atoms with Crippen molar-refractivity contribution in [2.45, 2.75) is 25.2 Å². The molecule has 14 heavy (non-hydrogen) atoms. The second-order valence-electron chi connectivity index (χ2n) is 2.91. The molecule has 84 valence electrons. The van der Waals surface area contributed by atoms with Crippen LogP contribution in [0.1, 0.15) is 13.8 Å². The first-order valence-corrected chi connectivity index (χ1v) is 5.60. The van der Waals surface area contributed by atoms with Crippen LogP contribution in [-0.4, -0.2) is 44.5 Å². The van der Waals surface area contributed by atoms with Gasteiger partial charge in [-0.15, -0.1) is 0 Å². The monoisotopic (exact) mass is 225 g/mol. The Balaban J connectivity index is 4.39. The van der Waals surface area contributed by atoms with Crippen LogP contribution in [-0.2, 0) is 19.6 Å². The quantitative estimate of drug-likeness (QED) is 0.576. The van der Waals surface area contributed by atoms with E-state index in [0.29, 0.717) is 0 Å². The van der Waals surface area contributed by atoms with E-state index in [1.54, 1.807) is 0 Å². The molecule has 0 saturated heterocycles. The zero-order valence-electron chi connectivity index (χ0n) is 8.35. The van der Waals surface area contributed by atoms with Gasteiger partial charge in [-0.05, 0) is 13.8 Å². The Morgan fingerprint density at radius 3 is 2.36 bits per heavy atom. The summed E-state index contributed by atoms with van der Waals surface area (Å²) in [5.74, 6) is -0.830. The third-order valence-corrected chi connectivity index (χ3v) is 3.27. The second kappa shape index (κ2) is 5.28. The topological polar surface area (TPSA) is 92.7 Å². The highest BCUT2D eigenvalue weighted by molar-refractivity contribution is 7.90. The average Bonchev–Trinajstić information content (AvgIpc) is 2.12. The molecule has 0 saturated carbocycles. The molecule has 0 bridgehead atoms. The van der Waals surface area contributed by atoms with E-state index in [-0.39, 0.29) is 6.54 Å². The van der Waals surface area contributed by atoms with E-state index < -0.39 is 27.3 Å². The van der Waals surface area contributed by atoms with Crippen molar-refractivity contribution < 1.29 is 23.1 Å². The maximum atomic E-state index is 11.3. The fourth-order valence-corrected chi connectivity index (χ4v) is 1.73. The third-order valence-electron chi connectivity index (χ3n) is 1.58. The summed E-state index contributed by atoms with van der Waals surface area (Å²) in [6.45, 7) is 2.53. The highest BCUT2D eigenvalue weighted by Crippen LogP contribution is 2.00. The molecule has 0 aromatic rings. The van der Waals surface area contributed by atoms with E-state index >= 15 is 0 Å². The van der Waals surface area contributed by atoms with Crippen molar-refractivity contribution in [2.75, 3.05) is 13.7 Å². The number of sulfonamides is 1. The largest absolute Gasteiger partial charge is 0.468 e. The highest BCUT2D eigenvalue weighted by atomic mass is 32.2. The van der Waals surface area contributed by atoms with E-state index in [2.05, 4.69) is 9.46 Å². The molecule has 0 radical (unpaired) electrons. The number of rotatable bonds is 5. The van der Waals surface area contributed by atoms with Crippen molar-refractivity contribution in [1.29, 1.82) is 0 Å². The van der Waals surface area contributed by atoms with E-state index in [0.717, 1.165) is 7.11 Å². The number of aliphatic hydroxyl groups excluding tert-OH is 1. The molecule has 0 fully saturated rings. The van der Waals surface area contributed by atoms with Crippen LogP contribution in [0.4, 0.5) is 0 Å². The minimum atomic E-state index is -3.75. The molecule has 0 amide bonds. The molecular formula is C7H15NO5S. The standard InChI is InChI=1S/C7H15NO5S/c1-5(9)4-8-14(11,12)6(2)7(10)13-3/h5-6,8-9H,4H2,1-3H3/t5-,6?/m0/s1. The van der Waals surface area contributed by atoms with Gasteiger partial charge in [0.15, 0.2) is 5.25 Å². The van der Waals surface area contributed by atoms with E-state index in [1.807, 2.05) is 0 Å². The fourth-order valence-electron chi connectivity index (χ4n) is 0.654. The smallest absolute Gasteiger partial charge is 0.325 e. The fraction of sp³-hybridized carbons (Fsp3) is 0.857. The summed E-state index contributed by atoms with van der Waals surface area (Å²) in [5.41, 5.74) is 0. The van der Waals surface area contributed by atoms with E-state index in [1.165, 1.54) is 13.8 Å². The van der Waals surface area contributed by atoms with Gasteiger partial charge in [-0.3, -0.25) is 4.79 Å². The maximum absolute atomic E-state index is 11.3. The Morgan fingerprint density at radius 2 is 2.00 bits per heavy atom. The van der Waals surface area contributed by atoms with Crippen molar-refractivity contribution in [2.24, 2.45) is 0 Å². The van der Waals surface area contributed by atoms with Crippen LogP contribution in [0.25, 0.3) is 0 Å². The normalized spacial score (nSPS) is 16.0. The number of aliphatic hydroxyl groups is 1. The van der Waals surface area contributed by atoms with Crippen molar-refractivity contribution in [3.63, 3.8) is 0 Å². The lowest BCUT2D eigenvalue weighted by atomic mass is 10.4. The van der Waals surface area contributed by atoms with Gasteiger partial charge in [0, 0.05) is 6.54 Å². The van der Waals surface area contributed by atoms with Gasteiger partial charge >= 0.3 is 5.97 Å².